The Morgan fingerprint density at radius 2 is 1.84 bits per heavy atom. The largest absolute Gasteiger partial charge is 0.310 e. The molecule has 4 rings (SSSR count). The number of rotatable bonds is 1. The van der Waals surface area contributed by atoms with Crippen LogP contribution in [0.4, 0.5) is 0 Å². The molecule has 0 radical (unpaired) electrons. The van der Waals surface area contributed by atoms with Crippen LogP contribution in [0.15, 0.2) is 52.3 Å². The number of fused-ring (bicyclic) bond motifs is 3. The molecule has 0 saturated heterocycles. The molecule has 0 amide bonds. The molecule has 6 heteroatoms. The van der Waals surface area contributed by atoms with Gasteiger partial charge >= 0.3 is 0 Å². The van der Waals surface area contributed by atoms with E-state index in [9.17, 15) is 4.79 Å². The third-order valence-electron chi connectivity index (χ3n) is 4.13. The van der Waals surface area contributed by atoms with Gasteiger partial charge in [0.05, 0.1) is 23.5 Å². The molecule has 0 atom stereocenters. The average Bonchev–Trinajstić information content (AvgIpc) is 2.72. The van der Waals surface area contributed by atoms with Crippen molar-refractivity contribution in [2.75, 3.05) is 0 Å². The SMILES string of the molecule is Cc1nc2c(c(=O)[nH]1)-c1ccc(Cl)cc1C(c1ccccc1Cl)=NC2. The van der Waals surface area contributed by atoms with Crippen LogP contribution in [0, 0.1) is 6.92 Å². The van der Waals surface area contributed by atoms with Crippen molar-refractivity contribution in [1.82, 2.24) is 9.97 Å². The molecular formula is C19H13Cl2N3O. The monoisotopic (exact) mass is 369 g/mol. The van der Waals surface area contributed by atoms with E-state index in [-0.39, 0.29) is 5.56 Å². The molecule has 1 aliphatic rings. The van der Waals surface area contributed by atoms with Crippen LogP contribution in [0.3, 0.4) is 0 Å². The van der Waals surface area contributed by atoms with Crippen LogP contribution in [0.2, 0.25) is 10.0 Å². The maximum absolute atomic E-state index is 12.6. The summed E-state index contributed by atoms with van der Waals surface area (Å²) in [6.45, 7) is 2.06. The van der Waals surface area contributed by atoms with Crippen LogP contribution in [0.25, 0.3) is 11.1 Å². The number of nitrogens with one attached hydrogen (secondary N) is 1. The van der Waals surface area contributed by atoms with Gasteiger partial charge in [0.1, 0.15) is 5.82 Å². The molecule has 2 aromatic carbocycles. The number of benzene rings is 2. The van der Waals surface area contributed by atoms with Crippen LogP contribution >= 0.6 is 23.2 Å². The summed E-state index contributed by atoms with van der Waals surface area (Å²) in [5, 5.41) is 1.16. The van der Waals surface area contributed by atoms with Gasteiger partial charge in [-0.25, -0.2) is 4.98 Å². The van der Waals surface area contributed by atoms with Crippen LogP contribution in [0.1, 0.15) is 22.6 Å². The quantitative estimate of drug-likeness (QED) is 0.690. The van der Waals surface area contributed by atoms with Gasteiger partial charge in [-0.15, -0.1) is 0 Å². The lowest BCUT2D eigenvalue weighted by Gasteiger charge is -2.12. The third kappa shape index (κ3) is 2.77. The molecule has 0 unspecified atom stereocenters. The van der Waals surface area contributed by atoms with Crippen molar-refractivity contribution in [2.24, 2.45) is 4.99 Å². The molecule has 0 spiro atoms. The molecule has 4 nitrogen and oxygen atoms in total. The van der Waals surface area contributed by atoms with Gasteiger partial charge in [-0.05, 0) is 30.7 Å². The summed E-state index contributed by atoms with van der Waals surface area (Å²) >= 11 is 12.6. The highest BCUT2D eigenvalue weighted by atomic mass is 35.5. The Morgan fingerprint density at radius 3 is 2.64 bits per heavy atom. The Kier molecular flexibility index (Phi) is 3.94. The van der Waals surface area contributed by atoms with E-state index in [0.29, 0.717) is 39.4 Å². The van der Waals surface area contributed by atoms with E-state index in [1.54, 1.807) is 13.0 Å². The Bertz CT molecular complexity index is 1090. The van der Waals surface area contributed by atoms with Gasteiger partial charge in [-0.2, -0.15) is 0 Å². The Balaban J connectivity index is 2.07. The van der Waals surface area contributed by atoms with Gasteiger partial charge < -0.3 is 4.98 Å². The van der Waals surface area contributed by atoms with Gasteiger partial charge in [-0.3, -0.25) is 9.79 Å². The number of H-pyrrole nitrogens is 1. The zero-order chi connectivity index (χ0) is 17.6. The van der Waals surface area contributed by atoms with Crippen molar-refractivity contribution in [2.45, 2.75) is 13.5 Å². The predicted octanol–water partition coefficient (Wildman–Crippen LogP) is 4.40. The van der Waals surface area contributed by atoms with E-state index in [2.05, 4.69) is 9.97 Å². The smallest absolute Gasteiger partial charge is 0.259 e. The minimum Gasteiger partial charge on any atom is -0.310 e. The molecule has 3 aromatic rings. The van der Waals surface area contributed by atoms with Crippen molar-refractivity contribution in [1.29, 1.82) is 0 Å². The number of aromatic amines is 1. The molecule has 0 fully saturated rings. The Hall–Kier alpha value is -2.43. The highest BCUT2D eigenvalue weighted by Crippen LogP contribution is 2.33. The zero-order valence-corrected chi connectivity index (χ0v) is 14.8. The summed E-state index contributed by atoms with van der Waals surface area (Å²) < 4.78 is 0. The first-order valence-corrected chi connectivity index (χ1v) is 8.49. The number of hydrogen-bond donors (Lipinski definition) is 1. The van der Waals surface area contributed by atoms with E-state index in [0.717, 1.165) is 16.7 Å². The van der Waals surface area contributed by atoms with Crippen LogP contribution in [-0.4, -0.2) is 15.7 Å². The molecule has 1 aromatic heterocycles. The second-order valence-electron chi connectivity index (χ2n) is 5.81. The molecule has 0 aliphatic carbocycles. The molecule has 2 heterocycles. The van der Waals surface area contributed by atoms with E-state index >= 15 is 0 Å². The lowest BCUT2D eigenvalue weighted by molar-refractivity contribution is 0.919. The van der Waals surface area contributed by atoms with E-state index in [1.807, 2.05) is 36.4 Å². The normalized spacial score (nSPS) is 12.8. The Labute approximate surface area is 154 Å². The summed E-state index contributed by atoms with van der Waals surface area (Å²) in [6.07, 6.45) is 0. The number of halogens is 2. The fourth-order valence-corrected chi connectivity index (χ4v) is 3.49. The molecule has 25 heavy (non-hydrogen) atoms. The summed E-state index contributed by atoms with van der Waals surface area (Å²) in [5.41, 5.74) is 4.03. The van der Waals surface area contributed by atoms with Crippen molar-refractivity contribution < 1.29 is 0 Å². The summed E-state index contributed by atoms with van der Waals surface area (Å²) in [6, 6.07) is 12.9. The van der Waals surface area contributed by atoms with E-state index in [4.69, 9.17) is 28.2 Å². The second-order valence-corrected chi connectivity index (χ2v) is 6.65. The third-order valence-corrected chi connectivity index (χ3v) is 4.70. The second kappa shape index (κ2) is 6.14. The van der Waals surface area contributed by atoms with Crippen LogP contribution < -0.4 is 5.56 Å². The number of nitrogens with zero attached hydrogens (tertiary/aromatic N) is 2. The lowest BCUT2D eigenvalue weighted by atomic mass is 9.94. The molecule has 1 aliphatic heterocycles. The predicted molar refractivity (Wildman–Crippen MR) is 101 cm³/mol. The maximum Gasteiger partial charge on any atom is 0.259 e. The Morgan fingerprint density at radius 1 is 1.04 bits per heavy atom. The standard InChI is InChI=1S/C19H13Cl2N3O/c1-10-23-16-9-22-18(13-4-2-3-5-15(13)21)14-8-11(20)6-7-12(14)17(16)19(25)24-10/h2-8H,9H2,1H3,(H,23,24,25). The zero-order valence-electron chi connectivity index (χ0n) is 13.3. The maximum atomic E-state index is 12.6. The minimum atomic E-state index is -0.179. The molecular weight excluding hydrogens is 357 g/mol. The van der Waals surface area contributed by atoms with Gasteiger partial charge in [0.15, 0.2) is 0 Å². The highest BCUT2D eigenvalue weighted by Gasteiger charge is 2.23. The van der Waals surface area contributed by atoms with E-state index in [1.165, 1.54) is 0 Å². The van der Waals surface area contributed by atoms with Gasteiger partial charge in [0, 0.05) is 21.2 Å². The first kappa shape index (κ1) is 16.1. The fraction of sp³-hybridized carbons (Fsp3) is 0.105. The molecule has 1 N–H and O–H groups in total. The summed E-state index contributed by atoms with van der Waals surface area (Å²) in [5.74, 6) is 0.565. The lowest BCUT2D eigenvalue weighted by Crippen LogP contribution is -2.16. The summed E-state index contributed by atoms with van der Waals surface area (Å²) in [7, 11) is 0. The van der Waals surface area contributed by atoms with Crippen LogP contribution in [-0.2, 0) is 6.54 Å². The number of aryl methyl sites for hydroxylation is 1. The number of aliphatic imine (C=N–C) groups is 1. The number of aromatic nitrogens is 2. The van der Waals surface area contributed by atoms with Gasteiger partial charge in [0.25, 0.3) is 5.56 Å². The topological polar surface area (TPSA) is 58.1 Å². The number of hydrogen-bond acceptors (Lipinski definition) is 3. The fourth-order valence-electron chi connectivity index (χ4n) is 3.09. The van der Waals surface area contributed by atoms with Crippen molar-refractivity contribution in [3.63, 3.8) is 0 Å². The first-order chi connectivity index (χ1) is 12.0. The van der Waals surface area contributed by atoms with Gasteiger partial charge in [-0.1, -0.05) is 47.5 Å². The van der Waals surface area contributed by atoms with E-state index < -0.39 is 0 Å². The molecule has 0 bridgehead atoms. The van der Waals surface area contributed by atoms with Crippen molar-refractivity contribution in [3.8, 4) is 11.1 Å². The van der Waals surface area contributed by atoms with Crippen molar-refractivity contribution >= 4 is 28.9 Å². The highest BCUT2D eigenvalue weighted by molar-refractivity contribution is 6.36. The van der Waals surface area contributed by atoms with Crippen molar-refractivity contribution in [3.05, 3.63) is 85.5 Å². The minimum absolute atomic E-state index is 0.179. The van der Waals surface area contributed by atoms with Gasteiger partial charge in [0.2, 0.25) is 0 Å². The molecule has 124 valence electrons. The van der Waals surface area contributed by atoms with Crippen LogP contribution in [0.5, 0.6) is 0 Å². The molecule has 0 saturated carbocycles. The average molecular weight is 370 g/mol. The summed E-state index contributed by atoms with van der Waals surface area (Å²) in [4.78, 5) is 24.6. The first-order valence-electron chi connectivity index (χ1n) is 7.74.